The summed E-state index contributed by atoms with van der Waals surface area (Å²) in [6.07, 6.45) is 17.7. The summed E-state index contributed by atoms with van der Waals surface area (Å²) in [6, 6.07) is 9.19. The van der Waals surface area contributed by atoms with E-state index in [-0.39, 0.29) is 20.4 Å². The molecule has 45 heavy (non-hydrogen) atoms. The maximum Gasteiger partial charge on any atom is 0.0693 e. The van der Waals surface area contributed by atoms with Crippen LogP contribution >= 0.6 is 0 Å². The van der Waals surface area contributed by atoms with Crippen LogP contribution in [0, 0.1) is 0 Å². The first-order chi connectivity index (χ1) is 21.5. The van der Waals surface area contributed by atoms with Gasteiger partial charge in [0, 0.05) is 64.7 Å². The Kier molecular flexibility index (Phi) is 12.3. The van der Waals surface area contributed by atoms with Gasteiger partial charge in [0.1, 0.15) is 0 Å². The third-order valence-corrected chi connectivity index (χ3v) is 10.5. The largest absolute Gasteiger partial charge is 0.355 e. The Hall–Kier alpha value is -2.74. The van der Waals surface area contributed by atoms with Gasteiger partial charge >= 0.3 is 0 Å². The van der Waals surface area contributed by atoms with Gasteiger partial charge in [0.2, 0.25) is 0 Å². The van der Waals surface area contributed by atoms with Crippen molar-refractivity contribution in [3.8, 4) is 0 Å². The molecule has 2 aliphatic rings. The van der Waals surface area contributed by atoms with Crippen LogP contribution in [0.3, 0.4) is 0 Å². The Bertz CT molecular complexity index is 1430. The number of rotatable bonds is 12. The maximum atomic E-state index is 5.45. The van der Waals surface area contributed by atoms with E-state index in [1.807, 2.05) is 0 Å². The molecule has 5 rings (SSSR count). The number of nitrogens with one attached hydrogen (secondary N) is 2. The second-order valence-corrected chi connectivity index (χ2v) is 12.7. The van der Waals surface area contributed by atoms with E-state index in [0.29, 0.717) is 23.7 Å². The van der Waals surface area contributed by atoms with Crippen LogP contribution in [-0.2, 0) is 20.4 Å². The van der Waals surface area contributed by atoms with Crippen LogP contribution in [0.4, 0.5) is 0 Å². The Labute approximate surface area is 285 Å². The van der Waals surface area contributed by atoms with Crippen LogP contribution in [0.2, 0.25) is 0 Å². The molecule has 4 nitrogen and oxygen atoms in total. The molecular weight excluding hydrogens is 643 g/mol. The summed E-state index contributed by atoms with van der Waals surface area (Å²) in [7, 11) is 0. The van der Waals surface area contributed by atoms with Gasteiger partial charge in [-0.25, -0.2) is 9.97 Å². The minimum Gasteiger partial charge on any atom is -0.355 e. The van der Waals surface area contributed by atoms with Crippen LogP contribution < -0.4 is 0 Å². The third-order valence-electron chi connectivity index (χ3n) is 10.5. The molecule has 244 valence electrons. The Morgan fingerprint density at radius 1 is 0.400 bits per heavy atom. The van der Waals surface area contributed by atoms with Gasteiger partial charge in [0.05, 0.1) is 22.8 Å². The van der Waals surface area contributed by atoms with Crippen LogP contribution in [0.25, 0.3) is 46.4 Å². The molecule has 0 fully saturated rings. The minimum atomic E-state index is 0. The van der Waals surface area contributed by atoms with Gasteiger partial charge in [0.15, 0.2) is 0 Å². The molecule has 0 aliphatic carbocycles. The summed E-state index contributed by atoms with van der Waals surface area (Å²) >= 11 is 0. The first-order valence-corrected chi connectivity index (χ1v) is 17.6. The summed E-state index contributed by atoms with van der Waals surface area (Å²) in [4.78, 5) is 18.8. The molecule has 3 aromatic rings. The van der Waals surface area contributed by atoms with Gasteiger partial charge in [-0.3, -0.25) is 0 Å². The molecule has 5 heterocycles. The van der Waals surface area contributed by atoms with E-state index in [0.717, 1.165) is 74.1 Å². The van der Waals surface area contributed by atoms with E-state index >= 15 is 0 Å². The number of aromatic nitrogens is 4. The average Bonchev–Trinajstić information content (AvgIpc) is 3.88. The van der Waals surface area contributed by atoms with Gasteiger partial charge in [-0.05, 0) is 124 Å². The monoisotopic (exact) mass is 696 g/mol. The molecule has 2 N–H and O–H groups in total. The summed E-state index contributed by atoms with van der Waals surface area (Å²) in [5.74, 6) is 1.70. The Balaban J connectivity index is 0.00000461. The maximum absolute atomic E-state index is 5.45. The van der Waals surface area contributed by atoms with Crippen molar-refractivity contribution >= 4 is 46.4 Å². The standard InChI is InChI=1S/C40H54N4.Pd/c1-9-25(10-2)37-29-17-19-31(41-29)38(26(11-3)12-4)33-21-23-35(43-33)40(28(15-7)16-8)36-24-22-34(44-36)39(27(13-5)14-6)32-20-18-30(37)42-32;/h17-28,41,44H,9-16H2,1-8H3;. The van der Waals surface area contributed by atoms with Crippen molar-refractivity contribution in [2.24, 2.45) is 0 Å². The van der Waals surface area contributed by atoms with Crippen molar-refractivity contribution < 1.29 is 20.4 Å². The molecule has 0 saturated heterocycles. The fourth-order valence-electron chi connectivity index (χ4n) is 7.80. The molecule has 3 aromatic heterocycles. The second kappa shape index (κ2) is 15.7. The fourth-order valence-corrected chi connectivity index (χ4v) is 7.80. The van der Waals surface area contributed by atoms with Gasteiger partial charge in [-0.1, -0.05) is 55.4 Å². The van der Waals surface area contributed by atoms with Crippen LogP contribution in [-0.4, -0.2) is 19.9 Å². The van der Waals surface area contributed by atoms with E-state index < -0.39 is 0 Å². The Morgan fingerprint density at radius 2 is 0.600 bits per heavy atom. The topological polar surface area (TPSA) is 57.4 Å². The van der Waals surface area contributed by atoms with Crippen molar-refractivity contribution in [2.75, 3.05) is 0 Å². The zero-order valence-electron chi connectivity index (χ0n) is 28.8. The zero-order valence-corrected chi connectivity index (χ0v) is 30.4. The number of hydrogen-bond donors (Lipinski definition) is 2. The van der Waals surface area contributed by atoms with Crippen molar-refractivity contribution in [3.05, 3.63) is 69.3 Å². The van der Waals surface area contributed by atoms with Crippen molar-refractivity contribution in [1.29, 1.82) is 0 Å². The number of fused-ring (bicyclic) bond motifs is 8. The molecule has 8 bridgehead atoms. The normalized spacial score (nSPS) is 12.7. The molecule has 0 aromatic carbocycles. The molecule has 0 amide bonds. The molecular formula is C40H54N4Pd. The molecule has 0 atom stereocenters. The molecule has 0 saturated carbocycles. The van der Waals surface area contributed by atoms with Crippen molar-refractivity contribution in [3.63, 3.8) is 0 Å². The van der Waals surface area contributed by atoms with Gasteiger partial charge in [0.25, 0.3) is 0 Å². The Morgan fingerprint density at radius 3 is 0.778 bits per heavy atom. The SMILES string of the molecule is CCC(CC)c1c2nc(c(C(CC)CC)c3ccc([nH]3)c(C(CC)CC)c3nc(c(C(CC)CC)c4ccc1[nH]4)C=C3)C=C2.[Pd]. The van der Waals surface area contributed by atoms with Crippen LogP contribution in [0.1, 0.15) is 175 Å². The zero-order chi connectivity index (χ0) is 31.4. The van der Waals surface area contributed by atoms with Gasteiger partial charge in [-0.2, -0.15) is 0 Å². The van der Waals surface area contributed by atoms with E-state index in [1.165, 1.54) is 44.3 Å². The summed E-state index contributed by atoms with van der Waals surface area (Å²) in [6.45, 7) is 18.5. The molecule has 5 heteroatoms. The quantitative estimate of drug-likeness (QED) is 0.128. The number of H-pyrrole nitrogens is 2. The van der Waals surface area contributed by atoms with Gasteiger partial charge in [-0.15, -0.1) is 0 Å². The van der Waals surface area contributed by atoms with Gasteiger partial charge < -0.3 is 9.97 Å². The van der Waals surface area contributed by atoms with E-state index in [4.69, 9.17) is 9.97 Å². The van der Waals surface area contributed by atoms with Crippen molar-refractivity contribution in [1.82, 2.24) is 19.9 Å². The third kappa shape index (κ3) is 6.72. The predicted molar refractivity (Wildman–Crippen MR) is 192 cm³/mol. The average molecular weight is 697 g/mol. The van der Waals surface area contributed by atoms with E-state index in [1.54, 1.807) is 0 Å². The predicted octanol–water partition coefficient (Wildman–Crippen LogP) is 12.3. The summed E-state index contributed by atoms with van der Waals surface area (Å²) < 4.78 is 0. The first kappa shape index (κ1) is 35.1. The smallest absolute Gasteiger partial charge is 0.0693 e. The fraction of sp³-hybridized carbons (Fsp3) is 0.500. The molecule has 0 spiro atoms. The molecule has 2 aliphatic heterocycles. The van der Waals surface area contributed by atoms with E-state index in [2.05, 4.69) is 114 Å². The summed E-state index contributed by atoms with van der Waals surface area (Å²) in [5, 5.41) is 0. The van der Waals surface area contributed by atoms with Crippen LogP contribution in [0.5, 0.6) is 0 Å². The van der Waals surface area contributed by atoms with Crippen molar-refractivity contribution in [2.45, 2.75) is 130 Å². The first-order valence-electron chi connectivity index (χ1n) is 17.6. The molecule has 0 radical (unpaired) electrons. The summed E-state index contributed by atoms with van der Waals surface area (Å²) in [5.41, 5.74) is 14.5. The minimum absolute atomic E-state index is 0. The molecule has 0 unspecified atom stereocenters. The van der Waals surface area contributed by atoms with Crippen LogP contribution in [0.15, 0.2) is 24.3 Å². The second-order valence-electron chi connectivity index (χ2n) is 12.7. The number of nitrogens with zero attached hydrogens (tertiary/aromatic N) is 2. The number of hydrogen-bond acceptors (Lipinski definition) is 2. The van der Waals surface area contributed by atoms with E-state index in [9.17, 15) is 0 Å². The number of aromatic amines is 2.